The number of hydrogen-bond donors (Lipinski definition) is 1. The molecule has 0 aromatic heterocycles. The van der Waals surface area contributed by atoms with Crippen molar-refractivity contribution in [2.75, 3.05) is 34.4 Å². The van der Waals surface area contributed by atoms with Crippen LogP contribution in [0.5, 0.6) is 11.5 Å². The van der Waals surface area contributed by atoms with Crippen LogP contribution < -0.4 is 9.47 Å². The molecule has 0 aliphatic carbocycles. The summed E-state index contributed by atoms with van der Waals surface area (Å²) < 4.78 is 10.6. The molecule has 0 heterocycles. The Morgan fingerprint density at radius 1 is 1.00 bits per heavy atom. The van der Waals surface area contributed by atoms with E-state index in [1.54, 1.807) is 14.2 Å². The molecule has 0 bridgehead atoms. The fraction of sp³-hybridized carbons (Fsp3) is 0.368. The van der Waals surface area contributed by atoms with E-state index in [1.165, 1.54) is 5.56 Å². The minimum Gasteiger partial charge on any atom is -0.493 e. The number of methoxy groups -OCH3 is 2. The van der Waals surface area contributed by atoms with Crippen LogP contribution in [0, 0.1) is 0 Å². The van der Waals surface area contributed by atoms with E-state index in [1.807, 2.05) is 55.6 Å². The first-order chi connectivity index (χ1) is 11.1. The summed E-state index contributed by atoms with van der Waals surface area (Å²) in [4.78, 5) is 2.13. The van der Waals surface area contributed by atoms with Crippen molar-refractivity contribution in [2.24, 2.45) is 0 Å². The van der Waals surface area contributed by atoms with Crippen LogP contribution in [0.15, 0.2) is 48.5 Å². The van der Waals surface area contributed by atoms with Crippen molar-refractivity contribution in [1.82, 2.24) is 4.90 Å². The van der Waals surface area contributed by atoms with Crippen LogP contribution >= 0.6 is 0 Å². The van der Waals surface area contributed by atoms with E-state index < -0.39 is 6.10 Å². The van der Waals surface area contributed by atoms with E-state index in [0.717, 1.165) is 30.0 Å². The van der Waals surface area contributed by atoms with Crippen LogP contribution in [0.3, 0.4) is 0 Å². The Morgan fingerprint density at radius 3 is 2.35 bits per heavy atom. The molecule has 2 aromatic carbocycles. The van der Waals surface area contributed by atoms with Gasteiger partial charge in [-0.15, -0.1) is 0 Å². The number of likely N-dealkylation sites (N-methyl/N-ethyl adjacent to an activating group) is 1. The SMILES string of the molecule is COc1ccc(CCN(C)C[C@@H](O)c2ccccc2)cc1OC. The Balaban J connectivity index is 1.88. The van der Waals surface area contributed by atoms with Crippen molar-refractivity contribution >= 4 is 0 Å². The zero-order chi connectivity index (χ0) is 16.7. The third kappa shape index (κ3) is 4.98. The average molecular weight is 315 g/mol. The Labute approximate surface area is 138 Å². The quantitative estimate of drug-likeness (QED) is 0.813. The lowest BCUT2D eigenvalue weighted by atomic mass is 10.1. The summed E-state index contributed by atoms with van der Waals surface area (Å²) >= 11 is 0. The molecule has 0 fully saturated rings. The van der Waals surface area contributed by atoms with Gasteiger partial charge >= 0.3 is 0 Å². The molecule has 0 unspecified atom stereocenters. The summed E-state index contributed by atoms with van der Waals surface area (Å²) in [6.07, 6.45) is 0.421. The van der Waals surface area contributed by atoms with Crippen molar-refractivity contribution in [1.29, 1.82) is 0 Å². The highest BCUT2D eigenvalue weighted by Gasteiger charge is 2.11. The monoisotopic (exact) mass is 315 g/mol. The van der Waals surface area contributed by atoms with Gasteiger partial charge in [-0.2, -0.15) is 0 Å². The highest BCUT2D eigenvalue weighted by molar-refractivity contribution is 5.42. The van der Waals surface area contributed by atoms with Gasteiger partial charge in [0, 0.05) is 13.1 Å². The van der Waals surface area contributed by atoms with Gasteiger partial charge in [-0.25, -0.2) is 0 Å². The molecule has 0 spiro atoms. The topological polar surface area (TPSA) is 41.9 Å². The molecule has 124 valence electrons. The predicted molar refractivity (Wildman–Crippen MR) is 92.1 cm³/mol. The fourth-order valence-electron chi connectivity index (χ4n) is 2.52. The molecule has 4 nitrogen and oxygen atoms in total. The molecule has 2 aromatic rings. The fourth-order valence-corrected chi connectivity index (χ4v) is 2.52. The number of aliphatic hydroxyl groups excluding tert-OH is 1. The van der Waals surface area contributed by atoms with E-state index in [-0.39, 0.29) is 0 Å². The number of benzene rings is 2. The summed E-state index contributed by atoms with van der Waals surface area (Å²) in [6, 6.07) is 15.7. The molecule has 0 amide bonds. The molecule has 2 rings (SSSR count). The number of nitrogens with zero attached hydrogens (tertiary/aromatic N) is 1. The predicted octanol–water partition coefficient (Wildman–Crippen LogP) is 2.91. The Kier molecular flexibility index (Phi) is 6.44. The Hall–Kier alpha value is -2.04. The summed E-state index contributed by atoms with van der Waals surface area (Å²) in [5.74, 6) is 1.49. The van der Waals surface area contributed by atoms with E-state index in [9.17, 15) is 5.11 Å². The normalized spacial score (nSPS) is 12.2. The lowest BCUT2D eigenvalue weighted by Crippen LogP contribution is -2.26. The van der Waals surface area contributed by atoms with Gasteiger partial charge in [0.15, 0.2) is 11.5 Å². The molecule has 4 heteroatoms. The van der Waals surface area contributed by atoms with Crippen molar-refractivity contribution in [3.05, 3.63) is 59.7 Å². The Bertz CT molecular complexity index is 601. The second-order valence-corrected chi connectivity index (χ2v) is 5.63. The minimum absolute atomic E-state index is 0.466. The lowest BCUT2D eigenvalue weighted by Gasteiger charge is -2.21. The highest BCUT2D eigenvalue weighted by atomic mass is 16.5. The van der Waals surface area contributed by atoms with Crippen LogP contribution in [0.1, 0.15) is 17.2 Å². The molecule has 0 saturated heterocycles. The van der Waals surface area contributed by atoms with Gasteiger partial charge in [0.05, 0.1) is 20.3 Å². The first-order valence-electron chi connectivity index (χ1n) is 7.76. The maximum atomic E-state index is 10.3. The highest BCUT2D eigenvalue weighted by Crippen LogP contribution is 2.27. The summed E-state index contributed by atoms with van der Waals surface area (Å²) in [5.41, 5.74) is 2.13. The molecule has 0 aliphatic rings. The molecule has 1 N–H and O–H groups in total. The molecule has 0 radical (unpaired) electrons. The van der Waals surface area contributed by atoms with Gasteiger partial charge in [-0.05, 0) is 36.7 Å². The smallest absolute Gasteiger partial charge is 0.160 e. The van der Waals surface area contributed by atoms with E-state index in [4.69, 9.17) is 9.47 Å². The van der Waals surface area contributed by atoms with Crippen molar-refractivity contribution < 1.29 is 14.6 Å². The van der Waals surface area contributed by atoms with Crippen LogP contribution in [0.4, 0.5) is 0 Å². The molecule has 1 atom stereocenters. The van der Waals surface area contributed by atoms with Gasteiger partial charge < -0.3 is 19.5 Å². The van der Waals surface area contributed by atoms with E-state index >= 15 is 0 Å². The van der Waals surface area contributed by atoms with Gasteiger partial charge in [0.25, 0.3) is 0 Å². The molecule has 0 aliphatic heterocycles. The Morgan fingerprint density at radius 2 is 1.70 bits per heavy atom. The summed E-state index contributed by atoms with van der Waals surface area (Å²) in [7, 11) is 5.30. The number of rotatable bonds is 8. The van der Waals surface area contributed by atoms with Crippen molar-refractivity contribution in [3.8, 4) is 11.5 Å². The molecular formula is C19H25NO3. The number of aliphatic hydroxyl groups is 1. The zero-order valence-corrected chi connectivity index (χ0v) is 14.0. The first kappa shape index (κ1) is 17.3. The van der Waals surface area contributed by atoms with Crippen molar-refractivity contribution in [2.45, 2.75) is 12.5 Å². The minimum atomic E-state index is -0.466. The number of hydrogen-bond acceptors (Lipinski definition) is 4. The van der Waals surface area contributed by atoms with Crippen LogP contribution in [-0.4, -0.2) is 44.4 Å². The molecular weight excluding hydrogens is 290 g/mol. The maximum absolute atomic E-state index is 10.3. The first-order valence-corrected chi connectivity index (χ1v) is 7.76. The number of ether oxygens (including phenoxy) is 2. The third-order valence-electron chi connectivity index (χ3n) is 3.90. The standard InChI is InChI=1S/C19H25NO3/c1-20(14-17(21)16-7-5-4-6-8-16)12-11-15-9-10-18(22-2)19(13-15)23-3/h4-10,13,17,21H,11-12,14H2,1-3H3/t17-/m1/s1. The summed E-state index contributed by atoms with van der Waals surface area (Å²) in [6.45, 7) is 1.47. The van der Waals surface area contributed by atoms with E-state index in [0.29, 0.717) is 6.54 Å². The lowest BCUT2D eigenvalue weighted by molar-refractivity contribution is 0.127. The maximum Gasteiger partial charge on any atom is 0.160 e. The molecule has 23 heavy (non-hydrogen) atoms. The van der Waals surface area contributed by atoms with Crippen LogP contribution in [-0.2, 0) is 6.42 Å². The average Bonchev–Trinajstić information content (AvgIpc) is 2.60. The van der Waals surface area contributed by atoms with E-state index in [2.05, 4.69) is 4.90 Å². The van der Waals surface area contributed by atoms with Gasteiger partial charge in [-0.3, -0.25) is 0 Å². The zero-order valence-electron chi connectivity index (χ0n) is 14.0. The van der Waals surface area contributed by atoms with Gasteiger partial charge in [-0.1, -0.05) is 36.4 Å². The molecule has 0 saturated carbocycles. The third-order valence-corrected chi connectivity index (χ3v) is 3.90. The largest absolute Gasteiger partial charge is 0.493 e. The van der Waals surface area contributed by atoms with Gasteiger partial charge in [0.1, 0.15) is 0 Å². The van der Waals surface area contributed by atoms with Crippen LogP contribution in [0.2, 0.25) is 0 Å². The second kappa shape index (κ2) is 8.56. The second-order valence-electron chi connectivity index (χ2n) is 5.63. The van der Waals surface area contributed by atoms with Gasteiger partial charge in [0.2, 0.25) is 0 Å². The summed E-state index contributed by atoms with van der Waals surface area (Å²) in [5, 5.41) is 10.3. The van der Waals surface area contributed by atoms with Crippen LogP contribution in [0.25, 0.3) is 0 Å². The van der Waals surface area contributed by atoms with Crippen molar-refractivity contribution in [3.63, 3.8) is 0 Å².